The van der Waals surface area contributed by atoms with Crippen LogP contribution in [0.25, 0.3) is 11.3 Å². The van der Waals surface area contributed by atoms with Gasteiger partial charge in [-0.05, 0) is 43.5 Å². The summed E-state index contributed by atoms with van der Waals surface area (Å²) in [5, 5.41) is 4.89. The van der Waals surface area contributed by atoms with Crippen LogP contribution in [0.2, 0.25) is 0 Å². The Labute approximate surface area is 209 Å². The predicted molar refractivity (Wildman–Crippen MR) is 141 cm³/mol. The topological polar surface area (TPSA) is 44.6 Å². The summed E-state index contributed by atoms with van der Waals surface area (Å²) >= 11 is 0. The highest BCUT2D eigenvalue weighted by molar-refractivity contribution is 5.99. The van der Waals surface area contributed by atoms with Gasteiger partial charge in [-0.3, -0.25) is 14.4 Å². The number of carbonyl (C=O) groups is 1. The minimum absolute atomic E-state index is 0.0954. The van der Waals surface area contributed by atoms with Crippen molar-refractivity contribution in [1.29, 1.82) is 0 Å². The molecule has 0 bridgehead atoms. The van der Waals surface area contributed by atoms with Crippen molar-refractivity contribution in [2.45, 2.75) is 32.7 Å². The van der Waals surface area contributed by atoms with Crippen LogP contribution in [0.5, 0.6) is 0 Å². The molecule has 1 amide bonds. The van der Waals surface area contributed by atoms with Gasteiger partial charge in [0.2, 0.25) is 0 Å². The number of nitrogens with zero attached hydrogens (tertiary/aromatic N) is 5. The molecule has 6 nitrogen and oxygen atoms in total. The Morgan fingerprint density at radius 1 is 0.800 bits per heavy atom. The van der Waals surface area contributed by atoms with Crippen molar-refractivity contribution >= 4 is 5.91 Å². The second kappa shape index (κ2) is 11.2. The molecule has 5 rings (SSSR count). The highest BCUT2D eigenvalue weighted by Gasteiger charge is 2.27. The first-order valence-electron chi connectivity index (χ1n) is 13.1. The van der Waals surface area contributed by atoms with Gasteiger partial charge in [0, 0.05) is 51.0 Å². The van der Waals surface area contributed by atoms with Gasteiger partial charge in [0.25, 0.3) is 5.91 Å². The van der Waals surface area contributed by atoms with Gasteiger partial charge in [-0.25, -0.2) is 0 Å². The highest BCUT2D eigenvalue weighted by Crippen LogP contribution is 2.25. The molecule has 6 heteroatoms. The second-order valence-electron chi connectivity index (χ2n) is 9.81. The Hall–Kier alpha value is -2.96. The molecule has 184 valence electrons. The fourth-order valence-electron chi connectivity index (χ4n) is 5.17. The maximum Gasteiger partial charge on any atom is 0.257 e. The third-order valence-electron chi connectivity index (χ3n) is 7.41. The molecule has 3 aromatic rings. The van der Waals surface area contributed by atoms with Crippen LogP contribution in [0, 0.1) is 0 Å². The van der Waals surface area contributed by atoms with Crippen LogP contribution in [-0.4, -0.2) is 82.7 Å². The molecule has 1 aromatic heterocycles. The lowest BCUT2D eigenvalue weighted by molar-refractivity contribution is 0.0627. The number of hydrogen-bond acceptors (Lipinski definition) is 4. The fraction of sp³-hybridized carbons (Fsp3) is 0.448. The molecular formula is C29H37N5O. The summed E-state index contributed by atoms with van der Waals surface area (Å²) in [5.74, 6) is 0.0954. The van der Waals surface area contributed by atoms with E-state index in [2.05, 4.69) is 53.1 Å². The Bertz CT molecular complexity index is 1090. The van der Waals surface area contributed by atoms with Crippen LogP contribution in [-0.2, 0) is 13.0 Å². The quantitative estimate of drug-likeness (QED) is 0.498. The molecule has 0 radical (unpaired) electrons. The van der Waals surface area contributed by atoms with Crippen molar-refractivity contribution in [1.82, 2.24) is 24.5 Å². The summed E-state index contributed by atoms with van der Waals surface area (Å²) in [4.78, 5) is 20.8. The van der Waals surface area contributed by atoms with Crippen LogP contribution in [0.1, 0.15) is 41.3 Å². The van der Waals surface area contributed by atoms with Crippen LogP contribution in [0.15, 0.2) is 60.8 Å². The zero-order valence-electron chi connectivity index (χ0n) is 20.9. The first-order valence-corrected chi connectivity index (χ1v) is 13.1. The lowest BCUT2D eigenvalue weighted by atomic mass is 10.0. The Morgan fingerprint density at radius 3 is 2.11 bits per heavy atom. The summed E-state index contributed by atoms with van der Waals surface area (Å²) < 4.78 is 1.91. The van der Waals surface area contributed by atoms with Crippen LogP contribution in [0.3, 0.4) is 0 Å². The monoisotopic (exact) mass is 471 g/mol. The minimum atomic E-state index is 0.0954. The standard InChI is InChI=1S/C29H37N5O/c1-2-24-10-12-26(13-11-24)28-27(23-34(30-28)22-25-8-4-3-5-9-25)29(35)33-20-18-32(19-21-33)17-16-31-14-6-7-15-31/h3-5,8-13,23H,2,6-7,14-22H2,1H3. The molecule has 2 aliphatic heterocycles. The molecule has 0 aliphatic carbocycles. The van der Waals surface area contributed by atoms with Gasteiger partial charge >= 0.3 is 0 Å². The SMILES string of the molecule is CCc1ccc(-c2nn(Cc3ccccc3)cc2C(=O)N2CCN(CCN3CCCC3)CC2)cc1. The highest BCUT2D eigenvalue weighted by atomic mass is 16.2. The van der Waals surface area contributed by atoms with Crippen LogP contribution < -0.4 is 0 Å². The third kappa shape index (κ3) is 5.82. The lowest BCUT2D eigenvalue weighted by Gasteiger charge is -2.35. The molecular weight excluding hydrogens is 434 g/mol. The Kier molecular flexibility index (Phi) is 7.60. The number of amides is 1. The van der Waals surface area contributed by atoms with Gasteiger partial charge < -0.3 is 9.80 Å². The number of aryl methyl sites for hydroxylation is 1. The maximum absolute atomic E-state index is 13.7. The van der Waals surface area contributed by atoms with Crippen molar-refractivity contribution in [3.63, 3.8) is 0 Å². The van der Waals surface area contributed by atoms with Gasteiger partial charge in [0.05, 0.1) is 12.1 Å². The Morgan fingerprint density at radius 2 is 1.46 bits per heavy atom. The fourth-order valence-corrected chi connectivity index (χ4v) is 5.17. The number of carbonyl (C=O) groups excluding carboxylic acids is 1. The van der Waals surface area contributed by atoms with Crippen LogP contribution in [0.4, 0.5) is 0 Å². The average Bonchev–Trinajstić information content (AvgIpc) is 3.58. The lowest BCUT2D eigenvalue weighted by Crippen LogP contribution is -2.50. The third-order valence-corrected chi connectivity index (χ3v) is 7.41. The molecule has 2 saturated heterocycles. The Balaban J connectivity index is 1.30. The van der Waals surface area contributed by atoms with Crippen molar-refractivity contribution in [2.75, 3.05) is 52.4 Å². The first-order chi connectivity index (χ1) is 17.2. The summed E-state index contributed by atoms with van der Waals surface area (Å²) in [5.41, 5.74) is 4.95. The first kappa shape index (κ1) is 23.8. The van der Waals surface area contributed by atoms with E-state index < -0.39 is 0 Å². The summed E-state index contributed by atoms with van der Waals surface area (Å²) in [7, 11) is 0. The number of likely N-dealkylation sites (tertiary alicyclic amines) is 1. The van der Waals surface area contributed by atoms with Crippen molar-refractivity contribution < 1.29 is 4.79 Å². The normalized spacial score (nSPS) is 17.2. The number of aromatic nitrogens is 2. The van der Waals surface area contributed by atoms with E-state index in [1.807, 2.05) is 34.0 Å². The van der Waals surface area contributed by atoms with E-state index in [-0.39, 0.29) is 5.91 Å². The molecule has 0 saturated carbocycles. The van der Waals surface area contributed by atoms with Crippen LogP contribution >= 0.6 is 0 Å². The van der Waals surface area contributed by atoms with Gasteiger partial charge in [0.15, 0.2) is 0 Å². The van der Waals surface area contributed by atoms with E-state index in [9.17, 15) is 4.79 Å². The van der Waals surface area contributed by atoms with E-state index in [0.29, 0.717) is 12.1 Å². The summed E-state index contributed by atoms with van der Waals surface area (Å²) in [6.07, 6.45) is 5.61. The molecule has 3 heterocycles. The number of hydrogen-bond donors (Lipinski definition) is 0. The predicted octanol–water partition coefficient (Wildman–Crippen LogP) is 4.01. The molecule has 0 unspecified atom stereocenters. The number of rotatable bonds is 8. The molecule has 0 spiro atoms. The van der Waals surface area contributed by atoms with E-state index in [4.69, 9.17) is 5.10 Å². The summed E-state index contributed by atoms with van der Waals surface area (Å²) in [6, 6.07) is 18.8. The van der Waals surface area contributed by atoms with Crippen molar-refractivity contribution in [3.8, 4) is 11.3 Å². The van der Waals surface area contributed by atoms with E-state index >= 15 is 0 Å². The van der Waals surface area contributed by atoms with Gasteiger partial charge in [-0.1, -0.05) is 61.5 Å². The molecule has 0 atom stereocenters. The zero-order chi connectivity index (χ0) is 24.0. The molecule has 2 aromatic carbocycles. The molecule has 2 fully saturated rings. The van der Waals surface area contributed by atoms with Gasteiger partial charge in [-0.2, -0.15) is 5.10 Å². The number of piperazine rings is 1. The van der Waals surface area contributed by atoms with Gasteiger partial charge in [-0.15, -0.1) is 0 Å². The molecule has 35 heavy (non-hydrogen) atoms. The van der Waals surface area contributed by atoms with E-state index in [1.165, 1.54) is 37.1 Å². The van der Waals surface area contributed by atoms with E-state index in [0.717, 1.165) is 56.9 Å². The summed E-state index contributed by atoms with van der Waals surface area (Å²) in [6.45, 7) is 11.0. The molecule has 0 N–H and O–H groups in total. The minimum Gasteiger partial charge on any atom is -0.336 e. The van der Waals surface area contributed by atoms with Gasteiger partial charge in [0.1, 0.15) is 5.69 Å². The van der Waals surface area contributed by atoms with E-state index in [1.54, 1.807) is 0 Å². The average molecular weight is 472 g/mol. The second-order valence-corrected chi connectivity index (χ2v) is 9.81. The zero-order valence-corrected chi connectivity index (χ0v) is 20.9. The van der Waals surface area contributed by atoms with Crippen molar-refractivity contribution in [3.05, 3.63) is 77.5 Å². The number of benzene rings is 2. The van der Waals surface area contributed by atoms with Crippen molar-refractivity contribution in [2.24, 2.45) is 0 Å². The smallest absolute Gasteiger partial charge is 0.257 e. The maximum atomic E-state index is 13.7. The largest absolute Gasteiger partial charge is 0.336 e. The molecule has 2 aliphatic rings.